The summed E-state index contributed by atoms with van der Waals surface area (Å²) < 4.78 is 0. The van der Waals surface area contributed by atoms with E-state index in [2.05, 4.69) is 0 Å². The zero-order chi connectivity index (χ0) is 2.71. The number of nitrogens with zero attached hydrogens (tertiary/aromatic N) is 1. The molecule has 0 spiro atoms. The number of hydrogen-bond acceptors (Lipinski definition) is 2. The molecule has 0 aliphatic carbocycles. The van der Waals surface area contributed by atoms with E-state index in [1.807, 2.05) is 0 Å². The molecule has 0 saturated heterocycles. The minimum absolute atomic E-state index is 0. The van der Waals surface area contributed by atoms with Gasteiger partial charge in [0.15, 0.2) is 5.34 Å². The summed E-state index contributed by atoms with van der Waals surface area (Å²) in [5.41, 5.74) is 0. The summed E-state index contributed by atoms with van der Waals surface area (Å²) >= 11 is 0. The molecule has 4 heavy (non-hydrogen) atoms. The average molecular weight is 58.0 g/mol. The Balaban J connectivity index is 0. The van der Waals surface area contributed by atoms with E-state index in [9.17, 15) is 0 Å². The maximum atomic E-state index is 8.11. The van der Waals surface area contributed by atoms with Gasteiger partial charge in [-0.2, -0.15) is 0 Å². The first-order valence-corrected chi connectivity index (χ1v) is 0.383. The van der Waals surface area contributed by atoms with Gasteiger partial charge in [0.05, 0.1) is 0 Å². The van der Waals surface area contributed by atoms with E-state index in [0.717, 1.165) is 0 Å². The standard InChI is InChI=1S/Be.HNO2.2H/c;2-1-3;;/h;(H,2,3);;. The van der Waals surface area contributed by atoms with E-state index in [4.69, 9.17) is 10.1 Å². The summed E-state index contributed by atoms with van der Waals surface area (Å²) in [5, 5.41) is 7.89. The zero-order valence-corrected chi connectivity index (χ0v) is 1.30. The Kier molecular flexibility index (Phi) is 46.7. The van der Waals surface area contributed by atoms with Crippen LogP contribution in [0.2, 0.25) is 0 Å². The van der Waals surface area contributed by atoms with Crippen molar-refractivity contribution in [2.75, 3.05) is 0 Å². The summed E-state index contributed by atoms with van der Waals surface area (Å²) in [6.45, 7) is 0. The van der Waals surface area contributed by atoms with Crippen LogP contribution in [0.5, 0.6) is 0 Å². The monoisotopic (exact) mass is 58.0 g/mol. The van der Waals surface area contributed by atoms with E-state index < -0.39 is 0 Å². The van der Waals surface area contributed by atoms with Crippen LogP contribution in [0.15, 0.2) is 5.34 Å². The van der Waals surface area contributed by atoms with Crippen LogP contribution < -0.4 is 0 Å². The Morgan fingerprint density at radius 2 is 1.75 bits per heavy atom. The molecule has 0 rings (SSSR count). The van der Waals surface area contributed by atoms with Gasteiger partial charge in [-0.25, -0.2) is 0 Å². The molecule has 0 atom stereocenters. The molecule has 0 amide bonds. The van der Waals surface area contributed by atoms with Gasteiger partial charge >= 0.3 is 10.1 Å². The molecule has 22 valence electrons. The van der Waals surface area contributed by atoms with Crippen molar-refractivity contribution in [3.8, 4) is 0 Å². The van der Waals surface area contributed by atoms with Gasteiger partial charge in [-0.1, -0.05) is 0 Å². The molecule has 0 aromatic heterocycles. The van der Waals surface area contributed by atoms with Gasteiger partial charge in [0.2, 0.25) is 0 Å². The van der Waals surface area contributed by atoms with E-state index in [-0.39, 0.29) is 10.1 Å². The van der Waals surface area contributed by atoms with Crippen molar-refractivity contribution in [2.24, 2.45) is 5.34 Å². The molecule has 3 nitrogen and oxygen atoms in total. The molecule has 0 aliphatic rings. The third kappa shape index (κ3) is 2.73. The third-order valence-corrected chi connectivity index (χ3v) is 0. The Morgan fingerprint density at radius 3 is 1.75 bits per heavy atom. The van der Waals surface area contributed by atoms with Gasteiger partial charge in [0.25, 0.3) is 0 Å². The van der Waals surface area contributed by atoms with Crippen LogP contribution in [0, 0.1) is 4.91 Å². The molecule has 0 fully saturated rings. The Morgan fingerprint density at radius 1 is 1.75 bits per heavy atom. The quantitative estimate of drug-likeness (QED) is 0.226. The molecule has 0 aromatic rings. The summed E-state index contributed by atoms with van der Waals surface area (Å²) in [7, 11) is 0. The van der Waals surface area contributed by atoms with Crippen LogP contribution in [0.25, 0.3) is 0 Å². The molecule has 4 heteroatoms. The Hall–Kier alpha value is -0.431. The third-order valence-electron chi connectivity index (χ3n) is 0. The fourth-order valence-corrected chi connectivity index (χ4v) is 0. The zero-order valence-electron chi connectivity index (χ0n) is 1.30. The van der Waals surface area contributed by atoms with Gasteiger partial charge < -0.3 is 5.21 Å². The van der Waals surface area contributed by atoms with Gasteiger partial charge in [-0.15, -0.1) is 4.91 Å². The second-order valence-corrected chi connectivity index (χ2v) is 0.0816. The molecule has 0 aliphatic heterocycles. The predicted molar refractivity (Wildman–Crippen MR) is 16.1 cm³/mol. The van der Waals surface area contributed by atoms with Crippen LogP contribution >= 0.6 is 0 Å². The van der Waals surface area contributed by atoms with Crippen molar-refractivity contribution >= 4 is 10.1 Å². The van der Waals surface area contributed by atoms with Crippen molar-refractivity contribution in [1.82, 2.24) is 0 Å². The van der Waals surface area contributed by atoms with Crippen LogP contribution in [0.4, 0.5) is 0 Å². The first kappa shape index (κ1) is 9.57. The molecule has 0 radical (unpaired) electrons. The average Bonchev–Trinajstić information content (AvgIpc) is 0.918. The topological polar surface area (TPSA) is 49.7 Å². The first-order valence-electron chi connectivity index (χ1n) is 0.383. The van der Waals surface area contributed by atoms with E-state index in [1.165, 1.54) is 5.34 Å². The molecule has 0 unspecified atom stereocenters. The summed E-state index contributed by atoms with van der Waals surface area (Å²) in [5.74, 6) is 0. The summed E-state index contributed by atoms with van der Waals surface area (Å²) in [6, 6.07) is 0. The predicted octanol–water partition coefficient (Wildman–Crippen LogP) is -0.774. The normalized spacial score (nSPS) is 3.00. The van der Waals surface area contributed by atoms with Gasteiger partial charge in [-0.3, -0.25) is 0 Å². The van der Waals surface area contributed by atoms with Gasteiger partial charge in [0, 0.05) is 0 Å². The fourth-order valence-electron chi connectivity index (χ4n) is 0. The Labute approximate surface area is 26.8 Å². The van der Waals surface area contributed by atoms with Gasteiger partial charge in [0.1, 0.15) is 0 Å². The molecular formula is H3BeNO2. The van der Waals surface area contributed by atoms with Crippen molar-refractivity contribution < 1.29 is 5.21 Å². The van der Waals surface area contributed by atoms with E-state index in [0.29, 0.717) is 0 Å². The molecule has 0 saturated carbocycles. The second-order valence-electron chi connectivity index (χ2n) is 0.0816. The van der Waals surface area contributed by atoms with E-state index >= 15 is 0 Å². The molecule has 1 N–H and O–H groups in total. The SMILES string of the molecule is O=NO.[BeH2]. The maximum absolute atomic E-state index is 8.11. The van der Waals surface area contributed by atoms with Gasteiger partial charge in [-0.05, 0) is 0 Å². The molecular weight excluding hydrogens is 55.0 g/mol. The second kappa shape index (κ2) is 19.5. The first-order chi connectivity index (χ1) is 1.41. The van der Waals surface area contributed by atoms with E-state index in [1.54, 1.807) is 0 Å². The number of rotatable bonds is 0. The van der Waals surface area contributed by atoms with Crippen LogP contribution in [-0.2, 0) is 0 Å². The molecule has 0 bridgehead atoms. The van der Waals surface area contributed by atoms with Crippen LogP contribution in [-0.4, -0.2) is 15.3 Å². The van der Waals surface area contributed by atoms with Crippen molar-refractivity contribution in [3.63, 3.8) is 0 Å². The van der Waals surface area contributed by atoms with Crippen LogP contribution in [0.3, 0.4) is 0 Å². The van der Waals surface area contributed by atoms with Crippen LogP contribution in [0.1, 0.15) is 0 Å². The minimum atomic E-state index is 0. The fraction of sp³-hybridized carbons (Fsp3) is 0. The summed E-state index contributed by atoms with van der Waals surface area (Å²) in [4.78, 5) is 8.11. The van der Waals surface area contributed by atoms with Crippen molar-refractivity contribution in [2.45, 2.75) is 0 Å². The number of hydrogen-bond donors (Lipinski definition) is 1. The van der Waals surface area contributed by atoms with Crippen molar-refractivity contribution in [1.29, 1.82) is 0 Å². The molecule has 0 heterocycles. The van der Waals surface area contributed by atoms with Crippen molar-refractivity contribution in [3.05, 3.63) is 4.91 Å². The summed E-state index contributed by atoms with van der Waals surface area (Å²) in [6.07, 6.45) is 0. The molecule has 0 aromatic carbocycles. The Bertz CT molecular complexity index is 13.5.